The fraction of sp³-hybridized carbons (Fsp3) is 0.130. The first-order chi connectivity index (χ1) is 11.5. The Kier molecular flexibility index (Phi) is 6.40. The van der Waals surface area contributed by atoms with Crippen LogP contribution in [0.25, 0.3) is 16.7 Å². The molecule has 0 nitrogen and oxygen atoms in total. The molecule has 24 heavy (non-hydrogen) atoms. The topological polar surface area (TPSA) is 0 Å². The lowest BCUT2D eigenvalue weighted by atomic mass is 9.88. The summed E-state index contributed by atoms with van der Waals surface area (Å²) in [7, 11) is 0. The van der Waals surface area contributed by atoms with E-state index in [1.54, 1.807) is 0 Å². The van der Waals surface area contributed by atoms with Crippen LogP contribution in [0.2, 0.25) is 0 Å². The molecule has 0 saturated heterocycles. The minimum atomic E-state index is 0.529. The third-order valence-electron chi connectivity index (χ3n) is 3.98. The molecule has 0 N–H and O–H groups in total. The van der Waals surface area contributed by atoms with Gasteiger partial charge < -0.3 is 0 Å². The molecule has 0 unspecified atom stereocenters. The molecule has 1 heteroatoms. The lowest BCUT2D eigenvalue weighted by molar-refractivity contribution is 1.27. The number of hydrogen-bond acceptors (Lipinski definition) is 0. The molecule has 0 fully saturated rings. The van der Waals surface area contributed by atoms with Crippen molar-refractivity contribution in [3.05, 3.63) is 102 Å². The van der Waals surface area contributed by atoms with Gasteiger partial charge in [0.15, 0.2) is 0 Å². The predicted octanol–water partition coefficient (Wildman–Crippen LogP) is 7.32. The van der Waals surface area contributed by atoms with Gasteiger partial charge in [0.2, 0.25) is 0 Å². The first-order valence-corrected chi connectivity index (χ1v) is 8.41. The Hall–Kier alpha value is -2.31. The van der Waals surface area contributed by atoms with Gasteiger partial charge in [-0.1, -0.05) is 85.4 Å². The van der Waals surface area contributed by atoms with E-state index in [-0.39, 0.29) is 0 Å². The summed E-state index contributed by atoms with van der Waals surface area (Å²) >= 11 is 5.83. The zero-order valence-electron chi connectivity index (χ0n) is 14.4. The van der Waals surface area contributed by atoms with Gasteiger partial charge in [0.05, 0.1) is 0 Å². The Morgan fingerprint density at radius 2 is 1.71 bits per heavy atom. The van der Waals surface area contributed by atoms with Crippen molar-refractivity contribution in [3.8, 4) is 11.1 Å². The molecule has 0 aliphatic carbocycles. The molecule has 0 aromatic heterocycles. The Balaban J connectivity index is 2.38. The monoisotopic (exact) mass is 334 g/mol. The van der Waals surface area contributed by atoms with Crippen LogP contribution >= 0.6 is 11.6 Å². The van der Waals surface area contributed by atoms with Gasteiger partial charge in [0.25, 0.3) is 0 Å². The second-order valence-corrected chi connectivity index (χ2v) is 6.27. The maximum Gasteiger partial charge on any atom is 0.0334 e. The van der Waals surface area contributed by atoms with Crippen molar-refractivity contribution in [3.63, 3.8) is 0 Å². The van der Waals surface area contributed by atoms with Crippen LogP contribution in [0.4, 0.5) is 0 Å². The maximum atomic E-state index is 5.83. The Labute approximate surface area is 150 Å². The Morgan fingerprint density at radius 3 is 2.33 bits per heavy atom. The molecule has 2 aromatic rings. The van der Waals surface area contributed by atoms with Gasteiger partial charge >= 0.3 is 0 Å². The second-order valence-electron chi connectivity index (χ2n) is 5.79. The molecule has 0 heterocycles. The lowest BCUT2D eigenvalue weighted by Crippen LogP contribution is -1.94. The zero-order valence-corrected chi connectivity index (χ0v) is 15.1. The standard InChI is InChI=1S/C23H23Cl/c1-5-20(15-14-19(4)24)16-18(3)23-17(2)10-9-13-22(23)21-11-7-6-8-12-21/h5-15H,3-4,16H2,1-2H3/b15-14-,20-5+. The van der Waals surface area contributed by atoms with Crippen LogP contribution in [-0.4, -0.2) is 0 Å². The average Bonchev–Trinajstić information content (AvgIpc) is 2.58. The van der Waals surface area contributed by atoms with Crippen molar-refractivity contribution >= 4 is 17.2 Å². The van der Waals surface area contributed by atoms with E-state index in [1.165, 1.54) is 27.8 Å². The summed E-state index contributed by atoms with van der Waals surface area (Å²) < 4.78 is 0. The molecular formula is C23H23Cl. The number of aryl methyl sites for hydroxylation is 1. The number of allylic oxidation sites excluding steroid dienone is 6. The third kappa shape index (κ3) is 4.59. The summed E-state index contributed by atoms with van der Waals surface area (Å²) in [5, 5.41) is 0.529. The van der Waals surface area contributed by atoms with Gasteiger partial charge in [-0.25, -0.2) is 0 Å². The van der Waals surface area contributed by atoms with E-state index in [2.05, 4.69) is 68.6 Å². The van der Waals surface area contributed by atoms with Crippen LogP contribution in [0.3, 0.4) is 0 Å². The smallest absolute Gasteiger partial charge is 0.0334 e. The van der Waals surface area contributed by atoms with Gasteiger partial charge in [0, 0.05) is 5.03 Å². The number of hydrogen-bond donors (Lipinski definition) is 0. The molecular weight excluding hydrogens is 312 g/mol. The van der Waals surface area contributed by atoms with Crippen molar-refractivity contribution in [2.45, 2.75) is 20.3 Å². The molecule has 0 amide bonds. The molecule has 0 atom stereocenters. The molecule has 0 spiro atoms. The molecule has 0 aliphatic heterocycles. The van der Waals surface area contributed by atoms with E-state index < -0.39 is 0 Å². The van der Waals surface area contributed by atoms with Gasteiger partial charge in [-0.2, -0.15) is 0 Å². The van der Waals surface area contributed by atoms with Crippen molar-refractivity contribution in [1.82, 2.24) is 0 Å². The summed E-state index contributed by atoms with van der Waals surface area (Å²) in [4.78, 5) is 0. The summed E-state index contributed by atoms with van der Waals surface area (Å²) in [5.41, 5.74) is 7.17. The van der Waals surface area contributed by atoms with Crippen LogP contribution in [-0.2, 0) is 0 Å². The highest BCUT2D eigenvalue weighted by atomic mass is 35.5. The fourth-order valence-electron chi connectivity index (χ4n) is 2.78. The molecule has 122 valence electrons. The third-order valence-corrected chi connectivity index (χ3v) is 4.10. The number of halogens is 1. The van der Waals surface area contributed by atoms with E-state index >= 15 is 0 Å². The van der Waals surface area contributed by atoms with Gasteiger partial charge in [0.1, 0.15) is 0 Å². The van der Waals surface area contributed by atoms with Crippen LogP contribution in [0.1, 0.15) is 24.5 Å². The summed E-state index contributed by atoms with van der Waals surface area (Å²) in [6, 6.07) is 16.8. The summed E-state index contributed by atoms with van der Waals surface area (Å²) in [6.07, 6.45) is 6.69. The minimum Gasteiger partial charge on any atom is -0.0949 e. The molecule has 0 saturated carbocycles. The summed E-state index contributed by atoms with van der Waals surface area (Å²) in [5.74, 6) is 0. The van der Waals surface area contributed by atoms with Gasteiger partial charge in [-0.15, -0.1) is 0 Å². The highest BCUT2D eigenvalue weighted by molar-refractivity contribution is 6.30. The van der Waals surface area contributed by atoms with Crippen LogP contribution in [0, 0.1) is 6.92 Å². The minimum absolute atomic E-state index is 0.529. The van der Waals surface area contributed by atoms with E-state index in [0.717, 1.165) is 12.0 Å². The normalized spacial score (nSPS) is 11.7. The quantitative estimate of drug-likeness (QED) is 0.485. The van der Waals surface area contributed by atoms with Crippen molar-refractivity contribution in [2.75, 3.05) is 0 Å². The maximum absolute atomic E-state index is 5.83. The lowest BCUT2D eigenvalue weighted by Gasteiger charge is -2.16. The van der Waals surface area contributed by atoms with E-state index in [1.807, 2.05) is 25.1 Å². The van der Waals surface area contributed by atoms with E-state index in [9.17, 15) is 0 Å². The van der Waals surface area contributed by atoms with Crippen LogP contribution in [0.5, 0.6) is 0 Å². The number of benzene rings is 2. The SMILES string of the molecule is C=C(Cl)/C=C\C(=C/C)CC(=C)c1c(C)cccc1-c1ccccc1. The first-order valence-electron chi connectivity index (χ1n) is 8.03. The predicted molar refractivity (Wildman–Crippen MR) is 108 cm³/mol. The molecule has 0 aliphatic rings. The molecule has 2 aromatic carbocycles. The van der Waals surface area contributed by atoms with E-state index in [4.69, 9.17) is 11.6 Å². The molecule has 0 bridgehead atoms. The highest BCUT2D eigenvalue weighted by Gasteiger charge is 2.11. The van der Waals surface area contributed by atoms with Crippen molar-refractivity contribution in [1.29, 1.82) is 0 Å². The second kappa shape index (κ2) is 8.52. The van der Waals surface area contributed by atoms with Crippen molar-refractivity contribution < 1.29 is 0 Å². The fourth-order valence-corrected chi connectivity index (χ4v) is 2.85. The average molecular weight is 335 g/mol. The Morgan fingerprint density at radius 1 is 1.00 bits per heavy atom. The Bertz CT molecular complexity index is 792. The summed E-state index contributed by atoms with van der Waals surface area (Å²) in [6.45, 7) is 12.2. The molecule has 0 radical (unpaired) electrons. The van der Waals surface area contributed by atoms with Gasteiger partial charge in [-0.3, -0.25) is 0 Å². The highest BCUT2D eigenvalue weighted by Crippen LogP contribution is 2.33. The van der Waals surface area contributed by atoms with Crippen molar-refractivity contribution in [2.24, 2.45) is 0 Å². The van der Waals surface area contributed by atoms with Gasteiger partial charge in [-0.05, 0) is 59.7 Å². The van der Waals surface area contributed by atoms with Crippen LogP contribution in [0.15, 0.2) is 90.5 Å². The van der Waals surface area contributed by atoms with E-state index in [0.29, 0.717) is 5.03 Å². The molecule has 2 rings (SSSR count). The largest absolute Gasteiger partial charge is 0.0949 e. The van der Waals surface area contributed by atoms with Crippen LogP contribution < -0.4 is 0 Å². The number of rotatable bonds is 6. The zero-order chi connectivity index (χ0) is 17.5. The first kappa shape index (κ1) is 18.0.